The number of hydrazine groups is 1. The maximum Gasteiger partial charge on any atom is 0.270 e. The molecule has 0 aromatic heterocycles. The molecule has 1 amide bonds. The molecule has 1 atom stereocenters. The summed E-state index contributed by atoms with van der Waals surface area (Å²) >= 11 is 0. The van der Waals surface area contributed by atoms with Crippen molar-refractivity contribution in [3.8, 4) is 0 Å². The smallest absolute Gasteiger partial charge is 0.270 e. The van der Waals surface area contributed by atoms with Crippen molar-refractivity contribution in [3.63, 3.8) is 0 Å². The third kappa shape index (κ3) is 5.93. The van der Waals surface area contributed by atoms with Gasteiger partial charge in [-0.05, 0) is 47.6 Å². The Labute approximate surface area is 256 Å². The van der Waals surface area contributed by atoms with E-state index in [1.807, 2.05) is 19.1 Å². The first-order chi connectivity index (χ1) is 21.7. The number of nitrogens with zero attached hydrogens (tertiary/aromatic N) is 3. The number of aliphatic imine (C=N–C) groups is 1. The van der Waals surface area contributed by atoms with E-state index in [1.54, 1.807) is 18.2 Å². The molecule has 2 aliphatic rings. The Kier molecular flexibility index (Phi) is 8.83. The van der Waals surface area contributed by atoms with Crippen LogP contribution in [-0.4, -0.2) is 36.1 Å². The lowest BCUT2D eigenvalue weighted by Gasteiger charge is -2.31. The van der Waals surface area contributed by atoms with Crippen LogP contribution in [0.15, 0.2) is 62.4 Å². The van der Waals surface area contributed by atoms with Crippen molar-refractivity contribution in [1.29, 1.82) is 5.41 Å². The number of ketones is 1. The Hall–Kier alpha value is -5.67. The molecule has 1 unspecified atom stereocenters. The van der Waals surface area contributed by atoms with Crippen molar-refractivity contribution in [1.82, 2.24) is 16.2 Å². The minimum Gasteiger partial charge on any atom is -0.416 e. The number of carbonyl (C=O) groups is 2. The molecular weight excluding hydrogens is 580 g/mol. The number of hydroxylamine groups is 1. The molecule has 0 fully saturated rings. The van der Waals surface area contributed by atoms with E-state index < -0.39 is 16.8 Å². The van der Waals surface area contributed by atoms with E-state index in [-0.39, 0.29) is 48.5 Å². The van der Waals surface area contributed by atoms with Gasteiger partial charge in [0, 0.05) is 30.3 Å². The second-order valence-corrected chi connectivity index (χ2v) is 10.6. The van der Waals surface area contributed by atoms with Gasteiger partial charge in [0.2, 0.25) is 0 Å². The van der Waals surface area contributed by atoms with Crippen LogP contribution in [0.1, 0.15) is 56.2 Å². The normalized spacial score (nSPS) is 16.5. The topological polar surface area (TPSA) is 243 Å². The zero-order chi connectivity index (χ0) is 32.2. The van der Waals surface area contributed by atoms with Crippen molar-refractivity contribution < 1.29 is 14.4 Å². The lowest BCUT2D eigenvalue weighted by atomic mass is 9.95. The molecular formula is C30H32N10O5. The molecule has 1 heterocycles. The van der Waals surface area contributed by atoms with Gasteiger partial charge in [-0.2, -0.15) is 10.6 Å². The predicted octanol–water partition coefficient (Wildman–Crippen LogP) is -0.154. The average Bonchev–Trinajstić information content (AvgIpc) is 3.46. The molecule has 10 N–H and O–H groups in total. The number of benzene rings is 2. The van der Waals surface area contributed by atoms with Crippen LogP contribution in [0.3, 0.4) is 0 Å². The molecule has 1 aliphatic heterocycles. The number of nitrogen functional groups attached to an aromatic ring is 1. The summed E-state index contributed by atoms with van der Waals surface area (Å²) in [5, 5.41) is 13.8. The third-order valence-corrected chi connectivity index (χ3v) is 8.01. The number of hydrogen-bond acceptors (Lipinski definition) is 12. The Morgan fingerprint density at radius 1 is 1.18 bits per heavy atom. The molecule has 0 bridgehead atoms. The van der Waals surface area contributed by atoms with Gasteiger partial charge in [-0.3, -0.25) is 24.6 Å². The number of nitrogens with two attached hydrogens (primary N) is 3. The summed E-state index contributed by atoms with van der Waals surface area (Å²) in [6, 6.07) is 8.88. The van der Waals surface area contributed by atoms with Crippen LogP contribution in [0.4, 0.5) is 11.4 Å². The number of anilines is 2. The Morgan fingerprint density at radius 2 is 1.98 bits per heavy atom. The first kappa shape index (κ1) is 30.8. The highest BCUT2D eigenvalue weighted by atomic mass is 16.6. The standard InChI is InChI=1S/C30H32N10O5/c1-15-18-6-7-22(21(18)5-4-19(15)29(37-33)38-34)39-45-9-8-23(36-14-31)30(44)35-11-16-2-3-20-17(10-16)12-40(13-24(20)41)26-25(32)27(42)28(26)43/h2-5,8-10,14,22,31,39H,6-7,11-13,32-34H2,1H3,(H,35,44)(H,37,38)/b9-8+,31-14?,36-23?. The van der Waals surface area contributed by atoms with Crippen LogP contribution in [0.2, 0.25) is 0 Å². The van der Waals surface area contributed by atoms with E-state index in [0.29, 0.717) is 22.5 Å². The summed E-state index contributed by atoms with van der Waals surface area (Å²) in [7, 11) is 0. The molecule has 3 aromatic rings. The molecule has 15 nitrogen and oxygen atoms in total. The van der Waals surface area contributed by atoms with E-state index in [2.05, 4.69) is 26.3 Å². The number of hydrazone groups is 1. The lowest BCUT2D eigenvalue weighted by Crippen LogP contribution is -2.46. The first-order valence-electron chi connectivity index (χ1n) is 14.0. The first-order valence-corrected chi connectivity index (χ1v) is 14.0. The fraction of sp³-hybridized carbons (Fsp3) is 0.233. The monoisotopic (exact) mass is 612 g/mol. The summed E-state index contributed by atoms with van der Waals surface area (Å²) < 4.78 is 0. The number of amides is 1. The van der Waals surface area contributed by atoms with E-state index >= 15 is 0 Å². The number of fused-ring (bicyclic) bond motifs is 2. The minimum atomic E-state index is -0.746. The fourth-order valence-corrected chi connectivity index (χ4v) is 5.73. The van der Waals surface area contributed by atoms with Gasteiger partial charge >= 0.3 is 0 Å². The average molecular weight is 613 g/mol. The zero-order valence-corrected chi connectivity index (χ0v) is 24.3. The molecule has 0 radical (unpaired) electrons. The van der Waals surface area contributed by atoms with Gasteiger partial charge in [-0.1, -0.05) is 30.3 Å². The highest BCUT2D eigenvalue weighted by Crippen LogP contribution is 2.34. The highest BCUT2D eigenvalue weighted by molar-refractivity contribution is 6.44. The van der Waals surface area contributed by atoms with E-state index in [9.17, 15) is 19.2 Å². The zero-order valence-electron chi connectivity index (χ0n) is 24.3. The van der Waals surface area contributed by atoms with Gasteiger partial charge in [-0.25, -0.2) is 10.8 Å². The fourth-order valence-electron chi connectivity index (χ4n) is 5.73. The lowest BCUT2D eigenvalue weighted by molar-refractivity contribution is -0.114. The van der Waals surface area contributed by atoms with E-state index in [0.717, 1.165) is 41.4 Å². The van der Waals surface area contributed by atoms with Crippen molar-refractivity contribution in [2.24, 2.45) is 21.8 Å². The van der Waals surface area contributed by atoms with E-state index in [4.69, 9.17) is 27.7 Å². The minimum absolute atomic E-state index is 0.0584. The SMILES string of the molecule is Cc1c(/C(=N/N)NN)ccc2c1CCC2NO/C=C/C(=NC=N)C(=O)NCc1ccc2c(c1)CN(c1c(N)c(=O)c1=O)CC2=O. The van der Waals surface area contributed by atoms with Gasteiger partial charge in [-0.15, -0.1) is 0 Å². The Bertz CT molecular complexity index is 1850. The summed E-state index contributed by atoms with van der Waals surface area (Å²) in [5.74, 6) is 10.6. The summed E-state index contributed by atoms with van der Waals surface area (Å²) in [4.78, 5) is 59.9. The van der Waals surface area contributed by atoms with Crippen molar-refractivity contribution in [2.45, 2.75) is 38.9 Å². The summed E-state index contributed by atoms with van der Waals surface area (Å²) in [6.07, 6.45) is 4.96. The second-order valence-electron chi connectivity index (χ2n) is 10.6. The number of Topliss-reactive ketones (excluding diaryl/α,β-unsaturated/α-hetero) is 1. The molecule has 5 rings (SSSR count). The largest absolute Gasteiger partial charge is 0.416 e. The van der Waals surface area contributed by atoms with Crippen LogP contribution >= 0.6 is 0 Å². The van der Waals surface area contributed by atoms with Gasteiger partial charge in [0.25, 0.3) is 16.8 Å². The van der Waals surface area contributed by atoms with Crippen molar-refractivity contribution in [2.75, 3.05) is 17.2 Å². The predicted molar refractivity (Wildman–Crippen MR) is 169 cm³/mol. The Morgan fingerprint density at radius 3 is 2.69 bits per heavy atom. The van der Waals surface area contributed by atoms with Crippen molar-refractivity contribution in [3.05, 3.63) is 102 Å². The number of nitrogens with one attached hydrogen (secondary N) is 4. The molecule has 1 aliphatic carbocycles. The number of amidine groups is 1. The van der Waals surface area contributed by atoms with Gasteiger partial charge < -0.3 is 32.1 Å². The van der Waals surface area contributed by atoms with Crippen LogP contribution in [-0.2, 0) is 29.1 Å². The maximum absolute atomic E-state index is 12.9. The van der Waals surface area contributed by atoms with Crippen molar-refractivity contribution >= 4 is 41.0 Å². The Balaban J connectivity index is 1.18. The third-order valence-electron chi connectivity index (χ3n) is 8.01. The van der Waals surface area contributed by atoms with Crippen LogP contribution in [0.5, 0.6) is 0 Å². The van der Waals surface area contributed by atoms with Crippen LogP contribution in [0, 0.1) is 12.3 Å². The number of carbonyl (C=O) groups excluding carboxylic acids is 2. The molecule has 45 heavy (non-hydrogen) atoms. The molecule has 15 heteroatoms. The summed E-state index contributed by atoms with van der Waals surface area (Å²) in [5.41, 5.74) is 15.5. The highest BCUT2D eigenvalue weighted by Gasteiger charge is 2.30. The van der Waals surface area contributed by atoms with Gasteiger partial charge in [0.05, 0.1) is 12.6 Å². The summed E-state index contributed by atoms with van der Waals surface area (Å²) in [6.45, 7) is 2.23. The van der Waals surface area contributed by atoms with Gasteiger partial charge in [0.1, 0.15) is 29.7 Å². The molecule has 232 valence electrons. The van der Waals surface area contributed by atoms with Gasteiger partial charge in [0.15, 0.2) is 11.6 Å². The van der Waals surface area contributed by atoms with Crippen LogP contribution in [0.25, 0.3) is 0 Å². The molecule has 0 saturated carbocycles. The molecule has 0 spiro atoms. The maximum atomic E-state index is 12.9. The quantitative estimate of drug-likeness (QED) is 0.0396. The molecule has 0 saturated heterocycles. The van der Waals surface area contributed by atoms with Crippen LogP contribution < -0.4 is 49.4 Å². The van der Waals surface area contributed by atoms with E-state index in [1.165, 1.54) is 17.2 Å². The number of hydrogen-bond donors (Lipinski definition) is 7. The molecule has 3 aromatic carbocycles. The number of rotatable bonds is 10. The second kappa shape index (κ2) is 12.9.